The first-order valence-corrected chi connectivity index (χ1v) is 7.14. The van der Waals surface area contributed by atoms with Gasteiger partial charge < -0.3 is 10.1 Å². The van der Waals surface area contributed by atoms with Crippen LogP contribution in [0.25, 0.3) is 0 Å². The Kier molecular flexibility index (Phi) is 5.19. The number of hydrogen-bond donors (Lipinski definition) is 1. The Hall–Kier alpha value is -1.10. The zero-order chi connectivity index (χ0) is 13.7. The molecule has 0 spiro atoms. The van der Waals surface area contributed by atoms with E-state index in [9.17, 15) is 0 Å². The first kappa shape index (κ1) is 14.3. The number of pyridine rings is 1. The van der Waals surface area contributed by atoms with Gasteiger partial charge in [0.15, 0.2) is 0 Å². The molecule has 0 aliphatic rings. The lowest BCUT2D eigenvalue weighted by molar-refractivity contribution is 0.469. The highest BCUT2D eigenvalue weighted by Gasteiger charge is 2.07. The fourth-order valence-corrected chi connectivity index (χ4v) is 2.35. The van der Waals surface area contributed by atoms with Gasteiger partial charge >= 0.3 is 0 Å². The van der Waals surface area contributed by atoms with E-state index in [0.717, 1.165) is 34.6 Å². The maximum Gasteiger partial charge on any atom is 0.141 e. The third-order valence-electron chi connectivity index (χ3n) is 2.54. The van der Waals surface area contributed by atoms with Crippen molar-refractivity contribution < 1.29 is 4.74 Å². The lowest BCUT2D eigenvalue weighted by atomic mass is 10.2. The molecule has 1 heterocycles. The molecule has 19 heavy (non-hydrogen) atoms. The fourth-order valence-electron chi connectivity index (χ4n) is 1.58. The molecule has 0 atom stereocenters. The molecule has 0 fully saturated rings. The molecular formula is C14H14BrClN2O. The maximum atomic E-state index is 5.91. The summed E-state index contributed by atoms with van der Waals surface area (Å²) in [6.07, 6.45) is 3.52. The monoisotopic (exact) mass is 340 g/mol. The van der Waals surface area contributed by atoms with Crippen LogP contribution >= 0.6 is 27.5 Å². The van der Waals surface area contributed by atoms with Crippen molar-refractivity contribution >= 4 is 27.5 Å². The summed E-state index contributed by atoms with van der Waals surface area (Å²) in [6, 6.07) is 7.30. The highest BCUT2D eigenvalue weighted by molar-refractivity contribution is 9.10. The molecule has 0 saturated carbocycles. The molecule has 0 radical (unpaired) electrons. The lowest BCUT2D eigenvalue weighted by Crippen LogP contribution is -2.12. The van der Waals surface area contributed by atoms with E-state index >= 15 is 0 Å². The van der Waals surface area contributed by atoms with E-state index in [1.165, 1.54) is 0 Å². The first-order valence-electron chi connectivity index (χ1n) is 5.97. The minimum Gasteiger partial charge on any atom is -0.456 e. The topological polar surface area (TPSA) is 34.2 Å². The van der Waals surface area contributed by atoms with Gasteiger partial charge in [0.25, 0.3) is 0 Å². The van der Waals surface area contributed by atoms with Gasteiger partial charge in [0, 0.05) is 29.5 Å². The molecule has 2 rings (SSSR count). The third kappa shape index (κ3) is 3.93. The van der Waals surface area contributed by atoms with Crippen LogP contribution in [-0.4, -0.2) is 11.5 Å². The summed E-state index contributed by atoms with van der Waals surface area (Å²) >= 11 is 9.36. The summed E-state index contributed by atoms with van der Waals surface area (Å²) in [5.41, 5.74) is 1.02. The van der Waals surface area contributed by atoms with Gasteiger partial charge in [0.2, 0.25) is 0 Å². The number of benzene rings is 1. The minimum absolute atomic E-state index is 0.668. The van der Waals surface area contributed by atoms with E-state index in [-0.39, 0.29) is 0 Å². The Morgan fingerprint density at radius 2 is 2.16 bits per heavy atom. The van der Waals surface area contributed by atoms with Gasteiger partial charge in [-0.25, -0.2) is 0 Å². The highest BCUT2D eigenvalue weighted by Crippen LogP contribution is 2.32. The quantitative estimate of drug-likeness (QED) is 0.875. The smallest absolute Gasteiger partial charge is 0.141 e. The molecule has 5 heteroatoms. The zero-order valence-corrected chi connectivity index (χ0v) is 12.8. The number of hydrogen-bond acceptors (Lipinski definition) is 3. The Morgan fingerprint density at radius 3 is 2.89 bits per heavy atom. The van der Waals surface area contributed by atoms with Crippen LogP contribution in [0.15, 0.2) is 41.1 Å². The number of nitrogens with zero attached hydrogens (tertiary/aromatic N) is 1. The summed E-state index contributed by atoms with van der Waals surface area (Å²) < 4.78 is 6.73. The van der Waals surface area contributed by atoms with E-state index in [2.05, 4.69) is 33.2 Å². The minimum atomic E-state index is 0.668. The van der Waals surface area contributed by atoms with Crippen molar-refractivity contribution in [1.29, 1.82) is 0 Å². The molecular weight excluding hydrogens is 328 g/mol. The first-order chi connectivity index (χ1) is 9.20. The van der Waals surface area contributed by atoms with Crippen molar-refractivity contribution in [2.45, 2.75) is 13.5 Å². The number of nitrogens with one attached hydrogen (secondary N) is 1. The predicted octanol–water partition coefficient (Wildman–Crippen LogP) is 4.40. The number of halogens is 2. The molecule has 1 aromatic carbocycles. The van der Waals surface area contributed by atoms with Crippen LogP contribution < -0.4 is 10.1 Å². The van der Waals surface area contributed by atoms with Crippen LogP contribution in [0, 0.1) is 0 Å². The van der Waals surface area contributed by atoms with E-state index in [4.69, 9.17) is 16.3 Å². The van der Waals surface area contributed by atoms with E-state index < -0.39 is 0 Å². The van der Waals surface area contributed by atoms with Crippen LogP contribution in [0.5, 0.6) is 11.5 Å². The Labute approximate surface area is 126 Å². The molecule has 3 nitrogen and oxygen atoms in total. The normalized spacial score (nSPS) is 10.5. The van der Waals surface area contributed by atoms with E-state index in [0.29, 0.717) is 5.02 Å². The van der Waals surface area contributed by atoms with Crippen LogP contribution in [-0.2, 0) is 6.54 Å². The Morgan fingerprint density at radius 1 is 1.32 bits per heavy atom. The summed E-state index contributed by atoms with van der Waals surface area (Å²) in [4.78, 5) is 4.12. The summed E-state index contributed by atoms with van der Waals surface area (Å²) in [5, 5.41) is 3.93. The number of rotatable bonds is 5. The largest absolute Gasteiger partial charge is 0.456 e. The number of aromatic nitrogens is 1. The lowest BCUT2D eigenvalue weighted by Gasteiger charge is -2.12. The van der Waals surface area contributed by atoms with Crippen molar-refractivity contribution in [2.24, 2.45) is 0 Å². The Balaban J connectivity index is 2.22. The van der Waals surface area contributed by atoms with Crippen molar-refractivity contribution in [3.8, 4) is 11.5 Å². The molecule has 100 valence electrons. The van der Waals surface area contributed by atoms with Crippen molar-refractivity contribution in [3.63, 3.8) is 0 Å². The average Bonchev–Trinajstić information content (AvgIpc) is 2.41. The van der Waals surface area contributed by atoms with Gasteiger partial charge in [0.05, 0.1) is 4.47 Å². The molecule has 1 aromatic heterocycles. The molecule has 0 amide bonds. The molecule has 1 N–H and O–H groups in total. The van der Waals surface area contributed by atoms with Crippen LogP contribution in [0.4, 0.5) is 0 Å². The van der Waals surface area contributed by atoms with E-state index in [1.54, 1.807) is 12.3 Å². The second-order valence-electron chi connectivity index (χ2n) is 3.94. The summed E-state index contributed by atoms with van der Waals surface area (Å²) in [6.45, 7) is 3.69. The third-order valence-corrected chi connectivity index (χ3v) is 3.39. The zero-order valence-electron chi connectivity index (χ0n) is 10.5. The highest BCUT2D eigenvalue weighted by atomic mass is 79.9. The van der Waals surface area contributed by atoms with Gasteiger partial charge in [0.1, 0.15) is 11.5 Å². The SMILES string of the molecule is CCNCc1cnccc1Oc1ccc(Cl)cc1Br. The van der Waals surface area contributed by atoms with Crippen LogP contribution in [0.1, 0.15) is 12.5 Å². The second-order valence-corrected chi connectivity index (χ2v) is 5.23. The molecule has 0 bridgehead atoms. The molecule has 0 saturated heterocycles. The predicted molar refractivity (Wildman–Crippen MR) is 80.8 cm³/mol. The number of ether oxygens (including phenoxy) is 1. The molecule has 2 aromatic rings. The second kappa shape index (κ2) is 6.89. The summed E-state index contributed by atoms with van der Waals surface area (Å²) in [5.74, 6) is 1.52. The average molecular weight is 342 g/mol. The van der Waals surface area contributed by atoms with Gasteiger partial charge in [-0.1, -0.05) is 18.5 Å². The van der Waals surface area contributed by atoms with Crippen LogP contribution in [0.3, 0.4) is 0 Å². The maximum absolute atomic E-state index is 5.91. The molecule has 0 unspecified atom stereocenters. The van der Waals surface area contributed by atoms with Gasteiger partial charge in [-0.15, -0.1) is 0 Å². The fraction of sp³-hybridized carbons (Fsp3) is 0.214. The van der Waals surface area contributed by atoms with Gasteiger partial charge in [-0.3, -0.25) is 4.98 Å². The van der Waals surface area contributed by atoms with Crippen molar-refractivity contribution in [2.75, 3.05) is 6.54 Å². The van der Waals surface area contributed by atoms with Crippen molar-refractivity contribution in [1.82, 2.24) is 10.3 Å². The van der Waals surface area contributed by atoms with Gasteiger partial charge in [-0.2, -0.15) is 0 Å². The van der Waals surface area contributed by atoms with Gasteiger partial charge in [-0.05, 0) is 46.7 Å². The standard InChI is InChI=1S/C14H14BrClN2O/c1-2-17-8-10-9-18-6-5-13(10)19-14-4-3-11(16)7-12(14)15/h3-7,9,17H,2,8H2,1H3. The Bertz CT molecular complexity index is 563. The molecule has 0 aliphatic heterocycles. The van der Waals surface area contributed by atoms with E-state index in [1.807, 2.05) is 24.4 Å². The summed E-state index contributed by atoms with van der Waals surface area (Å²) in [7, 11) is 0. The van der Waals surface area contributed by atoms with Crippen LogP contribution in [0.2, 0.25) is 5.02 Å². The molecule has 0 aliphatic carbocycles. The van der Waals surface area contributed by atoms with Crippen molar-refractivity contribution in [3.05, 3.63) is 51.7 Å².